The van der Waals surface area contributed by atoms with Gasteiger partial charge in [0.25, 0.3) is 11.8 Å². The molecule has 2 heterocycles. The first-order valence-electron chi connectivity index (χ1n) is 11.6. The second-order valence-corrected chi connectivity index (χ2v) is 9.71. The summed E-state index contributed by atoms with van der Waals surface area (Å²) in [4.78, 5) is 40.0. The van der Waals surface area contributed by atoms with E-state index < -0.39 is 46.0 Å². The third kappa shape index (κ3) is 6.73. The molecule has 0 bridgehead atoms. The van der Waals surface area contributed by atoms with Crippen LogP contribution in [0.3, 0.4) is 0 Å². The summed E-state index contributed by atoms with van der Waals surface area (Å²) in [5.74, 6) is -2.76. The molecule has 37 heavy (non-hydrogen) atoms. The summed E-state index contributed by atoms with van der Waals surface area (Å²) in [6.07, 6.45) is -4.05. The highest BCUT2D eigenvalue weighted by molar-refractivity contribution is 6.31. The lowest BCUT2D eigenvalue weighted by atomic mass is 9.99. The number of alkyl halides is 3. The van der Waals surface area contributed by atoms with Crippen molar-refractivity contribution in [1.82, 2.24) is 20.4 Å². The van der Waals surface area contributed by atoms with E-state index in [9.17, 15) is 31.9 Å². The van der Waals surface area contributed by atoms with Gasteiger partial charge in [-0.25, -0.2) is 9.18 Å². The minimum atomic E-state index is -5.19. The molecule has 2 aromatic rings. The highest BCUT2D eigenvalue weighted by atomic mass is 35.5. The monoisotopic (exact) mass is 543 g/mol. The number of halogens is 5. The zero-order valence-corrected chi connectivity index (χ0v) is 21.2. The van der Waals surface area contributed by atoms with Gasteiger partial charge in [-0.2, -0.15) is 13.2 Å². The molecule has 13 heteroatoms. The molecule has 1 saturated heterocycles. The Bertz CT molecular complexity index is 1170. The highest BCUT2D eigenvalue weighted by Gasteiger charge is 2.42. The molecule has 1 unspecified atom stereocenters. The third-order valence-corrected chi connectivity index (χ3v) is 5.90. The Hall–Kier alpha value is -3.28. The first kappa shape index (κ1) is 28.3. The van der Waals surface area contributed by atoms with Crippen molar-refractivity contribution >= 4 is 35.3 Å². The van der Waals surface area contributed by atoms with Crippen LogP contribution in [-0.4, -0.2) is 52.6 Å². The first-order chi connectivity index (χ1) is 17.3. The van der Waals surface area contributed by atoms with Crippen molar-refractivity contribution in [3.63, 3.8) is 0 Å². The summed E-state index contributed by atoms with van der Waals surface area (Å²) in [5.41, 5.74) is -2.86. The molecule has 1 atom stereocenters. The van der Waals surface area contributed by atoms with Crippen molar-refractivity contribution in [3.8, 4) is 0 Å². The van der Waals surface area contributed by atoms with Crippen LogP contribution in [0.2, 0.25) is 5.02 Å². The fourth-order valence-corrected chi connectivity index (χ4v) is 4.34. The van der Waals surface area contributed by atoms with Crippen LogP contribution in [0.4, 0.5) is 28.2 Å². The van der Waals surface area contributed by atoms with E-state index in [0.29, 0.717) is 29.5 Å². The molecule has 1 aliphatic rings. The average molecular weight is 544 g/mol. The second-order valence-electron chi connectivity index (χ2n) is 9.27. The SMILES string of the molecule is CC(C)CC(C)CNC(=O)c1ccc(N2CCCN(C(=O)c3cc(Cl)cc(F)c3C(F)(F)F)C2=O)nn1. The molecule has 0 spiro atoms. The summed E-state index contributed by atoms with van der Waals surface area (Å²) < 4.78 is 54.5. The van der Waals surface area contributed by atoms with E-state index in [0.717, 1.165) is 11.3 Å². The molecule has 1 aromatic heterocycles. The molecule has 1 fully saturated rings. The van der Waals surface area contributed by atoms with Gasteiger partial charge in [0, 0.05) is 24.7 Å². The maximum absolute atomic E-state index is 14.1. The standard InChI is InChI=1S/C24H26ClF4N5O3/c1-13(2)9-14(3)12-30-21(35)18-5-6-19(32-31-18)33-7-4-8-34(23(33)37)22(36)16-10-15(25)11-17(26)20(16)24(27,28)29/h5-6,10-11,13-14H,4,7-9,12H2,1-3H3,(H,30,35). The molecular weight excluding hydrogens is 518 g/mol. The minimum absolute atomic E-state index is 0.000505. The maximum Gasteiger partial charge on any atom is 0.420 e. The summed E-state index contributed by atoms with van der Waals surface area (Å²) in [6.45, 7) is 6.54. The number of imide groups is 1. The predicted octanol–water partition coefficient (Wildman–Crippen LogP) is 5.17. The molecule has 1 aromatic carbocycles. The van der Waals surface area contributed by atoms with Crippen LogP contribution in [0.5, 0.6) is 0 Å². The zero-order valence-electron chi connectivity index (χ0n) is 20.4. The molecule has 1 aliphatic heterocycles. The molecule has 3 rings (SSSR count). The van der Waals surface area contributed by atoms with Gasteiger partial charge in [-0.1, -0.05) is 32.4 Å². The van der Waals surface area contributed by atoms with Crippen LogP contribution >= 0.6 is 11.6 Å². The van der Waals surface area contributed by atoms with Crippen LogP contribution in [0.1, 0.15) is 60.0 Å². The van der Waals surface area contributed by atoms with Crippen LogP contribution in [0.25, 0.3) is 0 Å². The van der Waals surface area contributed by atoms with E-state index in [1.807, 2.05) is 6.92 Å². The number of carbonyl (C=O) groups is 3. The topological polar surface area (TPSA) is 95.5 Å². The highest BCUT2D eigenvalue weighted by Crippen LogP contribution is 2.36. The number of urea groups is 1. The molecule has 8 nitrogen and oxygen atoms in total. The number of benzene rings is 1. The first-order valence-corrected chi connectivity index (χ1v) is 12.0. The average Bonchev–Trinajstić information content (AvgIpc) is 2.80. The van der Waals surface area contributed by atoms with Crippen LogP contribution in [-0.2, 0) is 6.18 Å². The lowest BCUT2D eigenvalue weighted by molar-refractivity contribution is -0.140. The molecule has 4 amide bonds. The van der Waals surface area contributed by atoms with E-state index in [1.165, 1.54) is 12.1 Å². The van der Waals surface area contributed by atoms with Gasteiger partial charge >= 0.3 is 12.2 Å². The predicted molar refractivity (Wildman–Crippen MR) is 128 cm³/mol. The summed E-state index contributed by atoms with van der Waals surface area (Å²) >= 11 is 5.69. The van der Waals surface area contributed by atoms with Gasteiger partial charge < -0.3 is 5.32 Å². The number of anilines is 1. The summed E-state index contributed by atoms with van der Waals surface area (Å²) in [5, 5.41) is 10.1. The minimum Gasteiger partial charge on any atom is -0.350 e. The Morgan fingerprint density at radius 1 is 1.14 bits per heavy atom. The van der Waals surface area contributed by atoms with E-state index >= 15 is 0 Å². The number of amides is 4. The quantitative estimate of drug-likeness (QED) is 0.486. The smallest absolute Gasteiger partial charge is 0.350 e. The molecule has 0 saturated carbocycles. The van der Waals surface area contributed by atoms with E-state index in [2.05, 4.69) is 29.4 Å². The normalized spacial score (nSPS) is 15.2. The van der Waals surface area contributed by atoms with Crippen molar-refractivity contribution in [2.45, 2.75) is 39.8 Å². The van der Waals surface area contributed by atoms with Crippen molar-refractivity contribution < 1.29 is 31.9 Å². The van der Waals surface area contributed by atoms with E-state index in [4.69, 9.17) is 11.6 Å². The van der Waals surface area contributed by atoms with Crippen molar-refractivity contribution in [1.29, 1.82) is 0 Å². The maximum atomic E-state index is 14.1. The van der Waals surface area contributed by atoms with Gasteiger partial charge in [0.2, 0.25) is 0 Å². The van der Waals surface area contributed by atoms with Gasteiger partial charge in [-0.15, -0.1) is 10.2 Å². The molecule has 1 N–H and O–H groups in total. The molecular formula is C24H26ClF4N5O3. The third-order valence-electron chi connectivity index (χ3n) is 5.68. The Labute approximate surface area is 216 Å². The second kappa shape index (κ2) is 11.4. The summed E-state index contributed by atoms with van der Waals surface area (Å²) in [6, 6.07) is 2.87. The zero-order chi connectivity index (χ0) is 27.5. The van der Waals surface area contributed by atoms with Gasteiger partial charge in [0.1, 0.15) is 11.4 Å². The number of aromatic nitrogens is 2. The number of rotatable bonds is 7. The van der Waals surface area contributed by atoms with Gasteiger partial charge in [-0.05, 0) is 48.9 Å². The van der Waals surface area contributed by atoms with E-state index in [-0.39, 0.29) is 36.9 Å². The van der Waals surface area contributed by atoms with Crippen LogP contribution < -0.4 is 10.2 Å². The van der Waals surface area contributed by atoms with Gasteiger partial charge in [0.05, 0.1) is 5.56 Å². The van der Waals surface area contributed by atoms with E-state index in [1.54, 1.807) is 0 Å². The Morgan fingerprint density at radius 2 is 1.84 bits per heavy atom. The fourth-order valence-electron chi connectivity index (χ4n) is 4.14. The van der Waals surface area contributed by atoms with Crippen LogP contribution in [0, 0.1) is 17.7 Å². The molecule has 0 aliphatic carbocycles. The van der Waals surface area contributed by atoms with Gasteiger partial charge in [0.15, 0.2) is 11.5 Å². The fraction of sp³-hybridized carbons (Fsp3) is 0.458. The molecule has 200 valence electrons. The van der Waals surface area contributed by atoms with Crippen molar-refractivity contribution in [2.24, 2.45) is 11.8 Å². The number of hydrogen-bond donors (Lipinski definition) is 1. The van der Waals surface area contributed by atoms with Gasteiger partial charge in [-0.3, -0.25) is 19.4 Å². The number of nitrogens with one attached hydrogen (secondary N) is 1. The lowest BCUT2D eigenvalue weighted by Crippen LogP contribution is -2.52. The molecule has 0 radical (unpaired) electrons. The Balaban J connectivity index is 1.77. The number of nitrogens with zero attached hydrogens (tertiary/aromatic N) is 4. The Morgan fingerprint density at radius 3 is 2.43 bits per heavy atom. The van der Waals surface area contributed by atoms with Crippen molar-refractivity contribution in [2.75, 3.05) is 24.5 Å². The Kier molecular flexibility index (Phi) is 8.72. The van der Waals surface area contributed by atoms with Crippen LogP contribution in [0.15, 0.2) is 24.3 Å². The largest absolute Gasteiger partial charge is 0.420 e. The van der Waals surface area contributed by atoms with Crippen molar-refractivity contribution in [3.05, 3.63) is 51.9 Å². The number of hydrogen-bond acceptors (Lipinski definition) is 5. The number of carbonyl (C=O) groups excluding carboxylic acids is 3. The summed E-state index contributed by atoms with van der Waals surface area (Å²) in [7, 11) is 0. The lowest BCUT2D eigenvalue weighted by Gasteiger charge is -2.33.